The van der Waals surface area contributed by atoms with E-state index in [9.17, 15) is 9.59 Å². The molecule has 1 saturated heterocycles. The summed E-state index contributed by atoms with van der Waals surface area (Å²) >= 11 is 11.8. The number of nitrogens with one attached hydrogen (secondary N) is 1. The molecule has 0 aromatic heterocycles. The van der Waals surface area contributed by atoms with E-state index < -0.39 is 0 Å². The quantitative estimate of drug-likeness (QED) is 0.842. The molecule has 0 radical (unpaired) electrons. The summed E-state index contributed by atoms with van der Waals surface area (Å²) in [6.45, 7) is 1.08. The number of aldehydes is 1. The highest BCUT2D eigenvalue weighted by molar-refractivity contribution is 6.36. The minimum absolute atomic E-state index is 0.0982. The standard InChI is InChI=1S/C14H15Cl2NO4/c15-10-5-9(7-18)14(12(16)6-10)21-8-13(19)17-11-1-3-20-4-2-11/h5-7,11H,1-4,8H2,(H,17,19). The van der Waals surface area contributed by atoms with Gasteiger partial charge in [0.15, 0.2) is 12.9 Å². The van der Waals surface area contributed by atoms with Gasteiger partial charge in [-0.1, -0.05) is 23.2 Å². The van der Waals surface area contributed by atoms with Gasteiger partial charge in [-0.2, -0.15) is 0 Å². The van der Waals surface area contributed by atoms with Gasteiger partial charge in [0.1, 0.15) is 5.75 Å². The number of carbonyl (C=O) groups excluding carboxylic acids is 2. The molecule has 2 rings (SSSR count). The monoisotopic (exact) mass is 331 g/mol. The predicted octanol–water partition coefficient (Wildman–Crippen LogP) is 2.48. The van der Waals surface area contributed by atoms with Crippen molar-refractivity contribution in [2.45, 2.75) is 18.9 Å². The third kappa shape index (κ3) is 4.59. The Labute approximate surface area is 132 Å². The topological polar surface area (TPSA) is 64.6 Å². The van der Waals surface area contributed by atoms with Gasteiger partial charge in [-0.25, -0.2) is 0 Å². The molecule has 1 amide bonds. The van der Waals surface area contributed by atoms with Crippen LogP contribution in [0.1, 0.15) is 23.2 Å². The van der Waals surface area contributed by atoms with Gasteiger partial charge in [-0.3, -0.25) is 9.59 Å². The van der Waals surface area contributed by atoms with Gasteiger partial charge in [-0.15, -0.1) is 0 Å². The van der Waals surface area contributed by atoms with E-state index in [1.807, 2.05) is 0 Å². The van der Waals surface area contributed by atoms with Crippen molar-refractivity contribution in [1.82, 2.24) is 5.32 Å². The SMILES string of the molecule is O=Cc1cc(Cl)cc(Cl)c1OCC(=O)NC1CCOCC1. The van der Waals surface area contributed by atoms with E-state index >= 15 is 0 Å². The lowest BCUT2D eigenvalue weighted by atomic mass is 10.1. The van der Waals surface area contributed by atoms with E-state index in [1.165, 1.54) is 12.1 Å². The van der Waals surface area contributed by atoms with E-state index in [1.54, 1.807) is 0 Å². The third-order valence-electron chi connectivity index (χ3n) is 3.10. The largest absolute Gasteiger partial charge is 0.481 e. The smallest absolute Gasteiger partial charge is 0.258 e. The van der Waals surface area contributed by atoms with Crippen LogP contribution < -0.4 is 10.1 Å². The average molecular weight is 332 g/mol. The summed E-state index contributed by atoms with van der Waals surface area (Å²) in [5.41, 5.74) is 0.214. The van der Waals surface area contributed by atoms with E-state index in [0.717, 1.165) is 12.8 Å². The molecule has 7 heteroatoms. The maximum Gasteiger partial charge on any atom is 0.258 e. The average Bonchev–Trinajstić information content (AvgIpc) is 2.46. The normalized spacial score (nSPS) is 15.5. The lowest BCUT2D eigenvalue weighted by Gasteiger charge is -2.23. The molecule has 0 bridgehead atoms. The number of hydrogen-bond acceptors (Lipinski definition) is 4. The molecule has 0 saturated carbocycles. The van der Waals surface area contributed by atoms with Crippen LogP contribution in [0.4, 0.5) is 0 Å². The Kier molecular flexibility index (Phi) is 5.85. The third-order valence-corrected chi connectivity index (χ3v) is 3.60. The van der Waals surface area contributed by atoms with Crippen LogP contribution in [0.25, 0.3) is 0 Å². The van der Waals surface area contributed by atoms with Crippen LogP contribution in [0.3, 0.4) is 0 Å². The van der Waals surface area contributed by atoms with Gasteiger partial charge < -0.3 is 14.8 Å². The zero-order chi connectivity index (χ0) is 15.2. The molecule has 1 heterocycles. The number of hydrogen-bond donors (Lipinski definition) is 1. The number of carbonyl (C=O) groups is 2. The molecule has 1 aliphatic heterocycles. The van der Waals surface area contributed by atoms with Crippen molar-refractivity contribution in [2.75, 3.05) is 19.8 Å². The van der Waals surface area contributed by atoms with Gasteiger partial charge in [-0.05, 0) is 25.0 Å². The van der Waals surface area contributed by atoms with Crippen LogP contribution >= 0.6 is 23.2 Å². The van der Waals surface area contributed by atoms with Gasteiger partial charge >= 0.3 is 0 Å². The minimum atomic E-state index is -0.259. The van der Waals surface area contributed by atoms with Crippen LogP contribution in [0.2, 0.25) is 10.0 Å². The maximum atomic E-state index is 11.8. The van der Waals surface area contributed by atoms with E-state index in [0.29, 0.717) is 24.5 Å². The Morgan fingerprint density at radius 3 is 2.76 bits per heavy atom. The first-order valence-electron chi connectivity index (χ1n) is 6.54. The molecule has 0 aliphatic carbocycles. The second kappa shape index (κ2) is 7.64. The molecule has 0 atom stereocenters. The zero-order valence-electron chi connectivity index (χ0n) is 11.2. The van der Waals surface area contributed by atoms with E-state index in [4.69, 9.17) is 32.7 Å². The van der Waals surface area contributed by atoms with Crippen LogP contribution in [-0.2, 0) is 9.53 Å². The fraction of sp³-hybridized carbons (Fsp3) is 0.429. The highest BCUT2D eigenvalue weighted by atomic mass is 35.5. The van der Waals surface area contributed by atoms with Crippen LogP contribution in [0.15, 0.2) is 12.1 Å². The first-order chi connectivity index (χ1) is 10.1. The zero-order valence-corrected chi connectivity index (χ0v) is 12.7. The minimum Gasteiger partial charge on any atom is -0.481 e. The number of ether oxygens (including phenoxy) is 2. The highest BCUT2D eigenvalue weighted by Crippen LogP contribution is 2.31. The lowest BCUT2D eigenvalue weighted by Crippen LogP contribution is -2.41. The molecule has 0 unspecified atom stereocenters. The highest BCUT2D eigenvalue weighted by Gasteiger charge is 2.17. The second-order valence-corrected chi connectivity index (χ2v) is 5.51. The molecule has 1 aliphatic rings. The number of amides is 1. The molecule has 1 N–H and O–H groups in total. The van der Waals surface area contributed by atoms with E-state index in [-0.39, 0.29) is 34.9 Å². The molecule has 0 spiro atoms. The number of benzene rings is 1. The van der Waals surface area contributed by atoms with Gasteiger partial charge in [0.05, 0.1) is 10.6 Å². The van der Waals surface area contributed by atoms with Crippen molar-refractivity contribution < 1.29 is 19.1 Å². The van der Waals surface area contributed by atoms with Crippen molar-refractivity contribution in [3.63, 3.8) is 0 Å². The summed E-state index contributed by atoms with van der Waals surface area (Å²) in [4.78, 5) is 22.8. The van der Waals surface area contributed by atoms with E-state index in [2.05, 4.69) is 5.32 Å². The first-order valence-corrected chi connectivity index (χ1v) is 7.30. The maximum absolute atomic E-state index is 11.8. The summed E-state index contributed by atoms with van der Waals surface area (Å²) in [5, 5.41) is 3.39. The molecular formula is C14H15Cl2NO4. The molecule has 1 fully saturated rings. The first kappa shape index (κ1) is 16.1. The Bertz CT molecular complexity index is 530. The van der Waals surface area contributed by atoms with Crippen molar-refractivity contribution in [3.05, 3.63) is 27.7 Å². The van der Waals surface area contributed by atoms with Crippen molar-refractivity contribution in [3.8, 4) is 5.75 Å². The fourth-order valence-electron chi connectivity index (χ4n) is 2.07. The molecular weight excluding hydrogens is 317 g/mol. The van der Waals surface area contributed by atoms with Crippen LogP contribution in [-0.4, -0.2) is 38.1 Å². The Morgan fingerprint density at radius 1 is 1.38 bits per heavy atom. The van der Waals surface area contributed by atoms with Gasteiger partial charge in [0.2, 0.25) is 0 Å². The van der Waals surface area contributed by atoms with Crippen LogP contribution in [0, 0.1) is 0 Å². The van der Waals surface area contributed by atoms with Gasteiger partial charge in [0.25, 0.3) is 5.91 Å². The van der Waals surface area contributed by atoms with Crippen molar-refractivity contribution in [1.29, 1.82) is 0 Å². The molecule has 5 nitrogen and oxygen atoms in total. The summed E-state index contributed by atoms with van der Waals surface area (Å²) in [6.07, 6.45) is 2.16. The summed E-state index contributed by atoms with van der Waals surface area (Å²) in [6, 6.07) is 3.00. The molecule has 1 aromatic carbocycles. The fourth-order valence-corrected chi connectivity index (χ4v) is 2.63. The molecule has 114 valence electrons. The molecule has 1 aromatic rings. The second-order valence-electron chi connectivity index (χ2n) is 4.67. The van der Waals surface area contributed by atoms with Gasteiger partial charge in [0, 0.05) is 24.3 Å². The summed E-state index contributed by atoms with van der Waals surface area (Å²) < 4.78 is 10.6. The van der Waals surface area contributed by atoms with Crippen LogP contribution in [0.5, 0.6) is 5.75 Å². The molecule has 21 heavy (non-hydrogen) atoms. The predicted molar refractivity (Wildman–Crippen MR) is 79.3 cm³/mol. The number of rotatable bonds is 5. The van der Waals surface area contributed by atoms with Crippen molar-refractivity contribution in [2.24, 2.45) is 0 Å². The Hall–Kier alpha value is -1.30. The number of halogens is 2. The summed E-state index contributed by atoms with van der Waals surface area (Å²) in [5.74, 6) is -0.0945. The Morgan fingerprint density at radius 2 is 2.10 bits per heavy atom. The Balaban J connectivity index is 1.93. The summed E-state index contributed by atoms with van der Waals surface area (Å²) in [7, 11) is 0. The lowest BCUT2D eigenvalue weighted by molar-refractivity contribution is -0.124. The van der Waals surface area contributed by atoms with Crippen molar-refractivity contribution >= 4 is 35.4 Å².